The third-order valence-electron chi connectivity index (χ3n) is 9.82. The number of carbonyl (C=O) groups is 5. The Labute approximate surface area is 251 Å². The van der Waals surface area contributed by atoms with Crippen LogP contribution in [0.25, 0.3) is 0 Å². The Hall–Kier alpha value is -3.53. The molecule has 0 bridgehead atoms. The molecule has 1 saturated heterocycles. The molecule has 0 amide bonds. The number of carbonyl (C=O) groups excluding carboxylic acids is 5. The van der Waals surface area contributed by atoms with Crippen molar-refractivity contribution in [3.05, 3.63) is 47.5 Å². The fourth-order valence-corrected chi connectivity index (χ4v) is 7.97. The molecule has 10 nitrogen and oxygen atoms in total. The van der Waals surface area contributed by atoms with E-state index in [4.69, 9.17) is 23.7 Å². The molecular formula is C33H40O10. The van der Waals surface area contributed by atoms with Crippen LogP contribution in [0.15, 0.2) is 42.0 Å². The highest BCUT2D eigenvalue weighted by Crippen LogP contribution is 2.69. The van der Waals surface area contributed by atoms with Crippen molar-refractivity contribution in [2.45, 2.75) is 97.4 Å². The van der Waals surface area contributed by atoms with Crippen LogP contribution >= 0.6 is 0 Å². The number of epoxide rings is 1. The molecule has 0 aromatic heterocycles. The molecule has 43 heavy (non-hydrogen) atoms. The van der Waals surface area contributed by atoms with Crippen LogP contribution in [-0.2, 0) is 42.9 Å². The van der Waals surface area contributed by atoms with E-state index in [0.29, 0.717) is 11.1 Å². The first kappa shape index (κ1) is 30.9. The zero-order valence-corrected chi connectivity index (χ0v) is 25.9. The van der Waals surface area contributed by atoms with E-state index >= 15 is 0 Å². The van der Waals surface area contributed by atoms with Crippen molar-refractivity contribution >= 4 is 29.7 Å². The van der Waals surface area contributed by atoms with E-state index in [-0.39, 0.29) is 18.1 Å². The SMILES string of the molecule is CC(=O)O[C@H]1[C@@H]2[C@H]([C@@H](OC(=O)c3ccccc3)[C@H](OC(C)=O)C(C)=C[C@@]34O[C@@]3(C[C@H](C)[C@@H]4OC(C)=O)C(=O)[C@H]1C)C2(C)C. The highest BCUT2D eigenvalue weighted by molar-refractivity contribution is 5.96. The van der Waals surface area contributed by atoms with Gasteiger partial charge in [0.2, 0.25) is 0 Å². The number of rotatable bonds is 5. The van der Waals surface area contributed by atoms with Crippen molar-refractivity contribution < 1.29 is 47.7 Å². The monoisotopic (exact) mass is 596 g/mol. The summed E-state index contributed by atoms with van der Waals surface area (Å²) in [6.45, 7) is 13.1. The minimum absolute atomic E-state index is 0.239. The Morgan fingerprint density at radius 3 is 2.00 bits per heavy atom. The number of ether oxygens (including phenoxy) is 5. The summed E-state index contributed by atoms with van der Waals surface area (Å²) in [6.07, 6.45) is -1.74. The molecule has 10 atom stereocenters. The van der Waals surface area contributed by atoms with Crippen LogP contribution in [0.3, 0.4) is 0 Å². The summed E-state index contributed by atoms with van der Waals surface area (Å²) in [4.78, 5) is 65.0. The number of benzene rings is 1. The minimum Gasteiger partial charge on any atom is -0.461 e. The molecule has 1 heterocycles. The topological polar surface area (TPSA) is 135 Å². The normalized spacial score (nSPS) is 39.0. The lowest BCUT2D eigenvalue weighted by Crippen LogP contribution is -2.43. The number of hydrogen-bond acceptors (Lipinski definition) is 10. The van der Waals surface area contributed by atoms with E-state index in [2.05, 4.69) is 0 Å². The highest BCUT2D eigenvalue weighted by Gasteiger charge is 2.84. The van der Waals surface area contributed by atoms with Crippen LogP contribution in [-0.4, -0.2) is 65.3 Å². The molecular weight excluding hydrogens is 556 g/mol. The summed E-state index contributed by atoms with van der Waals surface area (Å²) in [7, 11) is 0. The zero-order chi connectivity index (χ0) is 31.6. The van der Waals surface area contributed by atoms with Gasteiger partial charge >= 0.3 is 23.9 Å². The molecule has 1 aromatic rings. The van der Waals surface area contributed by atoms with Gasteiger partial charge in [0.05, 0.1) is 11.5 Å². The maximum Gasteiger partial charge on any atom is 0.338 e. The lowest BCUT2D eigenvalue weighted by molar-refractivity contribution is -0.154. The van der Waals surface area contributed by atoms with E-state index in [0.717, 1.165) is 0 Å². The standard InChI is InChI=1S/C33H40O10/c1-16-14-33-29(41-21(6)36)17(2)15-32(33,43-33)28(37)18(3)26(40-20(5)35)23-24(31(23,7)8)27(25(16)39-19(4)34)42-30(38)22-12-10-9-11-13-22/h9-14,17-18,23-27,29H,15H2,1-8H3/t17-,18-,23-,24+,25+,26+,27+,29-,32-,33-/m0/s1. The molecule has 10 heteroatoms. The van der Waals surface area contributed by atoms with Crippen molar-refractivity contribution in [2.75, 3.05) is 0 Å². The average Bonchev–Trinajstić information content (AvgIpc) is 3.71. The number of ketones is 1. The Balaban J connectivity index is 1.69. The molecule has 3 fully saturated rings. The van der Waals surface area contributed by atoms with Crippen molar-refractivity contribution in [1.29, 1.82) is 0 Å². The molecule has 0 unspecified atom stereocenters. The molecule has 1 aromatic carbocycles. The molecule has 0 radical (unpaired) electrons. The van der Waals surface area contributed by atoms with Gasteiger partial charge in [0, 0.05) is 32.6 Å². The van der Waals surface area contributed by atoms with Gasteiger partial charge in [-0.1, -0.05) is 45.9 Å². The van der Waals surface area contributed by atoms with Crippen LogP contribution in [0.1, 0.15) is 72.2 Å². The van der Waals surface area contributed by atoms with Crippen molar-refractivity contribution in [1.82, 2.24) is 0 Å². The number of fused-ring (bicyclic) bond motifs is 1. The van der Waals surface area contributed by atoms with Gasteiger partial charge in [-0.3, -0.25) is 19.2 Å². The van der Waals surface area contributed by atoms with Gasteiger partial charge in [-0.05, 0) is 48.5 Å². The Morgan fingerprint density at radius 2 is 1.42 bits per heavy atom. The lowest BCUT2D eigenvalue weighted by atomic mass is 9.80. The van der Waals surface area contributed by atoms with Crippen molar-refractivity contribution in [3.63, 3.8) is 0 Å². The Bertz CT molecular complexity index is 1380. The average molecular weight is 597 g/mol. The predicted octanol–water partition coefficient (Wildman–Crippen LogP) is 3.99. The van der Waals surface area contributed by atoms with E-state index in [1.165, 1.54) is 20.8 Å². The highest BCUT2D eigenvalue weighted by atomic mass is 16.7. The summed E-state index contributed by atoms with van der Waals surface area (Å²) in [5, 5.41) is 0. The van der Waals surface area contributed by atoms with Gasteiger partial charge in [0.25, 0.3) is 0 Å². The maximum atomic E-state index is 14.4. The van der Waals surface area contributed by atoms with Crippen LogP contribution < -0.4 is 0 Å². The predicted molar refractivity (Wildman–Crippen MR) is 151 cm³/mol. The third-order valence-corrected chi connectivity index (χ3v) is 9.82. The summed E-state index contributed by atoms with van der Waals surface area (Å²) in [6, 6.07) is 8.48. The van der Waals surface area contributed by atoms with Gasteiger partial charge < -0.3 is 23.7 Å². The van der Waals surface area contributed by atoms with Gasteiger partial charge in [-0.15, -0.1) is 0 Å². The first-order valence-corrected chi connectivity index (χ1v) is 14.8. The summed E-state index contributed by atoms with van der Waals surface area (Å²) in [5.74, 6) is -4.43. The van der Waals surface area contributed by atoms with Crippen LogP contribution in [0.4, 0.5) is 0 Å². The second kappa shape index (κ2) is 10.6. The van der Waals surface area contributed by atoms with E-state index in [1.54, 1.807) is 50.3 Å². The number of esters is 4. The first-order chi connectivity index (χ1) is 20.1. The molecule has 0 N–H and O–H groups in total. The second-order valence-corrected chi connectivity index (χ2v) is 13.2. The molecule has 4 aliphatic rings. The summed E-state index contributed by atoms with van der Waals surface area (Å²) < 4.78 is 30.1. The maximum absolute atomic E-state index is 14.4. The van der Waals surface area contributed by atoms with Crippen LogP contribution in [0.2, 0.25) is 0 Å². The van der Waals surface area contributed by atoms with E-state index in [1.807, 2.05) is 20.8 Å². The minimum atomic E-state index is -1.33. The fraction of sp³-hybridized carbons (Fsp3) is 0.606. The Kier molecular flexibility index (Phi) is 7.60. The smallest absolute Gasteiger partial charge is 0.338 e. The van der Waals surface area contributed by atoms with Gasteiger partial charge in [-0.25, -0.2) is 4.79 Å². The largest absolute Gasteiger partial charge is 0.461 e. The van der Waals surface area contributed by atoms with E-state index in [9.17, 15) is 24.0 Å². The Morgan fingerprint density at radius 1 is 0.837 bits per heavy atom. The number of hydrogen-bond donors (Lipinski definition) is 0. The molecule has 5 rings (SSSR count). The zero-order valence-electron chi connectivity index (χ0n) is 25.9. The van der Waals surface area contributed by atoms with Crippen molar-refractivity contribution in [3.8, 4) is 0 Å². The van der Waals surface area contributed by atoms with Gasteiger partial charge in [0.15, 0.2) is 23.1 Å². The summed E-state index contributed by atoms with van der Waals surface area (Å²) in [5.41, 5.74) is -2.43. The number of Topliss-reactive ketones (excluding diaryl/α,β-unsaturated/α-hetero) is 1. The quantitative estimate of drug-likeness (QED) is 0.212. The molecule has 232 valence electrons. The van der Waals surface area contributed by atoms with Crippen molar-refractivity contribution in [2.24, 2.45) is 29.1 Å². The van der Waals surface area contributed by atoms with Gasteiger partial charge in [-0.2, -0.15) is 0 Å². The molecule has 0 spiro atoms. The third kappa shape index (κ3) is 4.97. The molecule has 3 aliphatic carbocycles. The lowest BCUT2D eigenvalue weighted by Gasteiger charge is -2.30. The van der Waals surface area contributed by atoms with Crippen LogP contribution in [0, 0.1) is 29.1 Å². The second-order valence-electron chi connectivity index (χ2n) is 13.2. The fourth-order valence-electron chi connectivity index (χ4n) is 7.97. The van der Waals surface area contributed by atoms with E-state index < -0.39 is 82.7 Å². The van der Waals surface area contributed by atoms with Gasteiger partial charge in [0.1, 0.15) is 18.3 Å². The van der Waals surface area contributed by atoms with Crippen LogP contribution in [0.5, 0.6) is 0 Å². The molecule has 1 aliphatic heterocycles. The summed E-state index contributed by atoms with van der Waals surface area (Å²) >= 11 is 0. The molecule has 2 saturated carbocycles. The first-order valence-electron chi connectivity index (χ1n) is 14.8.